The van der Waals surface area contributed by atoms with Gasteiger partial charge in [0.05, 0.1) is 11.5 Å². The maximum absolute atomic E-state index is 12.5. The molecule has 0 aliphatic rings. The van der Waals surface area contributed by atoms with Crippen molar-refractivity contribution < 1.29 is 27.6 Å². The predicted octanol–water partition coefficient (Wildman–Crippen LogP) is 2.19. The zero-order valence-corrected chi connectivity index (χ0v) is 9.02. The van der Waals surface area contributed by atoms with Crippen LogP contribution in [0.5, 0.6) is 0 Å². The van der Waals surface area contributed by atoms with Crippen LogP contribution in [-0.4, -0.2) is 22.5 Å². The second-order valence-electron chi connectivity index (χ2n) is 3.06. The Kier molecular flexibility index (Phi) is 3.84. The first-order valence-corrected chi connectivity index (χ1v) is 4.65. The number of rotatable bonds is 3. The van der Waals surface area contributed by atoms with E-state index in [2.05, 4.69) is 9.72 Å². The highest BCUT2D eigenvalue weighted by Crippen LogP contribution is 2.37. The van der Waals surface area contributed by atoms with Crippen molar-refractivity contribution in [3.8, 4) is 0 Å². The average Bonchev–Trinajstić information content (AvgIpc) is 2.27. The summed E-state index contributed by atoms with van der Waals surface area (Å²) in [6.45, 7) is 1.30. The van der Waals surface area contributed by atoms with Gasteiger partial charge < -0.3 is 4.74 Å². The molecular weight excluding hydrogens is 257 g/mol. The van der Waals surface area contributed by atoms with E-state index in [-0.39, 0.29) is 6.61 Å². The van der Waals surface area contributed by atoms with Crippen LogP contribution < -0.4 is 0 Å². The first kappa shape index (κ1) is 13.9. The zero-order chi connectivity index (χ0) is 13.9. The summed E-state index contributed by atoms with van der Waals surface area (Å²) < 4.78 is 42.1. The Labute approximate surface area is 98.5 Å². The lowest BCUT2D eigenvalue weighted by Crippen LogP contribution is -2.15. The summed E-state index contributed by atoms with van der Waals surface area (Å²) in [5, 5.41) is 10.7. The molecule has 1 aromatic rings. The molecule has 0 saturated heterocycles. The minimum Gasteiger partial charge on any atom is -0.462 e. The number of carbonyl (C=O) groups is 1. The maximum atomic E-state index is 12.5. The van der Waals surface area contributed by atoms with Crippen LogP contribution >= 0.6 is 0 Å². The molecule has 0 bridgehead atoms. The molecule has 0 fully saturated rings. The molecule has 18 heavy (non-hydrogen) atoms. The van der Waals surface area contributed by atoms with Gasteiger partial charge in [0.1, 0.15) is 0 Å². The van der Waals surface area contributed by atoms with Gasteiger partial charge >= 0.3 is 12.1 Å². The van der Waals surface area contributed by atoms with Crippen LogP contribution in [0.25, 0.3) is 0 Å². The molecule has 0 N–H and O–H groups in total. The summed E-state index contributed by atoms with van der Waals surface area (Å²) in [5.41, 5.74) is -3.76. The lowest BCUT2D eigenvalue weighted by Gasteiger charge is -2.09. The summed E-state index contributed by atoms with van der Waals surface area (Å²) >= 11 is 0. The fourth-order valence-electron chi connectivity index (χ4n) is 1.22. The van der Waals surface area contributed by atoms with E-state index >= 15 is 0 Å². The number of hydrogen-bond donors (Lipinski definition) is 0. The molecule has 0 atom stereocenters. The summed E-state index contributed by atoms with van der Waals surface area (Å²) in [6.07, 6.45) is -4.01. The van der Waals surface area contributed by atoms with Gasteiger partial charge in [-0.15, -0.1) is 0 Å². The highest BCUT2D eigenvalue weighted by Gasteiger charge is 2.41. The molecule has 1 aromatic heterocycles. The molecule has 1 rings (SSSR count). The molecule has 0 saturated carbocycles. The molecule has 0 aromatic carbocycles. The number of esters is 1. The van der Waals surface area contributed by atoms with Gasteiger partial charge in [0, 0.05) is 12.4 Å². The Hall–Kier alpha value is -2.19. The van der Waals surface area contributed by atoms with Crippen LogP contribution in [0.4, 0.5) is 18.9 Å². The van der Waals surface area contributed by atoms with Gasteiger partial charge in [0.15, 0.2) is 11.1 Å². The predicted molar refractivity (Wildman–Crippen MR) is 51.8 cm³/mol. The van der Waals surface area contributed by atoms with E-state index in [0.29, 0.717) is 12.4 Å². The van der Waals surface area contributed by atoms with Crippen molar-refractivity contribution in [3.63, 3.8) is 0 Å². The number of aromatic nitrogens is 1. The largest absolute Gasteiger partial charge is 0.462 e. The molecule has 6 nitrogen and oxygen atoms in total. The number of nitrogens with zero attached hydrogens (tertiary/aromatic N) is 2. The van der Waals surface area contributed by atoms with Gasteiger partial charge in [-0.05, 0) is 6.92 Å². The fourth-order valence-corrected chi connectivity index (χ4v) is 1.22. The van der Waals surface area contributed by atoms with E-state index in [1.165, 1.54) is 6.92 Å². The van der Waals surface area contributed by atoms with Gasteiger partial charge in [0.2, 0.25) is 0 Å². The molecule has 9 heteroatoms. The van der Waals surface area contributed by atoms with E-state index in [1.54, 1.807) is 0 Å². The monoisotopic (exact) mass is 264 g/mol. The number of alkyl halides is 3. The zero-order valence-electron chi connectivity index (χ0n) is 9.02. The molecule has 0 spiro atoms. The van der Waals surface area contributed by atoms with E-state index in [4.69, 9.17) is 0 Å². The highest BCUT2D eigenvalue weighted by molar-refractivity contribution is 5.94. The van der Waals surface area contributed by atoms with Crippen molar-refractivity contribution in [1.29, 1.82) is 0 Å². The molecule has 0 radical (unpaired) electrons. The third kappa shape index (κ3) is 2.73. The van der Waals surface area contributed by atoms with Crippen molar-refractivity contribution in [2.45, 2.75) is 13.1 Å². The van der Waals surface area contributed by atoms with Crippen LogP contribution in [0.3, 0.4) is 0 Å². The van der Waals surface area contributed by atoms with Crippen molar-refractivity contribution in [2.75, 3.05) is 6.61 Å². The Morgan fingerprint density at radius 1 is 1.50 bits per heavy atom. The number of halogens is 3. The lowest BCUT2D eigenvalue weighted by atomic mass is 10.1. The molecule has 1 heterocycles. The summed E-state index contributed by atoms with van der Waals surface area (Å²) in [5.74, 6) is -1.22. The molecule has 0 unspecified atom stereocenters. The van der Waals surface area contributed by atoms with Crippen molar-refractivity contribution in [3.05, 3.63) is 33.6 Å². The second kappa shape index (κ2) is 4.98. The van der Waals surface area contributed by atoms with E-state index in [1.807, 2.05) is 0 Å². The standard InChI is InChI=1S/C9H7F3N2O4/c1-2-18-8(15)5-3-13-4-6(9(10,11)12)7(5)14(16)17/h3-4H,2H2,1H3. The minimum absolute atomic E-state index is 0.119. The quantitative estimate of drug-likeness (QED) is 0.474. The normalized spacial score (nSPS) is 11.1. The SMILES string of the molecule is CCOC(=O)c1cncc(C(F)(F)F)c1[N+](=O)[O-]. The average molecular weight is 264 g/mol. The summed E-state index contributed by atoms with van der Waals surface area (Å²) in [4.78, 5) is 23.9. The topological polar surface area (TPSA) is 82.3 Å². The molecule has 0 amide bonds. The fraction of sp³-hybridized carbons (Fsp3) is 0.333. The highest BCUT2D eigenvalue weighted by atomic mass is 19.4. The first-order valence-electron chi connectivity index (χ1n) is 4.65. The van der Waals surface area contributed by atoms with Crippen molar-refractivity contribution >= 4 is 11.7 Å². The van der Waals surface area contributed by atoms with Gasteiger partial charge in [-0.2, -0.15) is 13.2 Å². The van der Waals surface area contributed by atoms with E-state index in [9.17, 15) is 28.1 Å². The Morgan fingerprint density at radius 3 is 2.56 bits per heavy atom. The molecule has 0 aliphatic carbocycles. The van der Waals surface area contributed by atoms with E-state index < -0.39 is 33.9 Å². The minimum atomic E-state index is -4.97. The van der Waals surface area contributed by atoms with Gasteiger partial charge in [-0.1, -0.05) is 0 Å². The third-order valence-corrected chi connectivity index (χ3v) is 1.90. The third-order valence-electron chi connectivity index (χ3n) is 1.90. The maximum Gasteiger partial charge on any atom is 0.424 e. The first-order chi connectivity index (χ1) is 8.29. The van der Waals surface area contributed by atoms with Crippen molar-refractivity contribution in [2.24, 2.45) is 0 Å². The van der Waals surface area contributed by atoms with Crippen LogP contribution in [0, 0.1) is 10.1 Å². The lowest BCUT2D eigenvalue weighted by molar-refractivity contribution is -0.388. The second-order valence-corrected chi connectivity index (χ2v) is 3.06. The van der Waals surface area contributed by atoms with Crippen LogP contribution in [0.15, 0.2) is 12.4 Å². The number of carbonyl (C=O) groups excluding carboxylic acids is 1. The molecule has 98 valence electrons. The van der Waals surface area contributed by atoms with E-state index in [0.717, 1.165) is 0 Å². The van der Waals surface area contributed by atoms with Crippen LogP contribution in [-0.2, 0) is 10.9 Å². The Balaban J connectivity index is 3.45. The molecule has 0 aliphatic heterocycles. The smallest absolute Gasteiger partial charge is 0.424 e. The number of hydrogen-bond acceptors (Lipinski definition) is 5. The van der Waals surface area contributed by atoms with Gasteiger partial charge in [-0.3, -0.25) is 15.1 Å². The van der Waals surface area contributed by atoms with Crippen LogP contribution in [0.1, 0.15) is 22.8 Å². The van der Waals surface area contributed by atoms with Crippen LogP contribution in [0.2, 0.25) is 0 Å². The Bertz CT molecular complexity index is 487. The Morgan fingerprint density at radius 2 is 2.11 bits per heavy atom. The van der Waals surface area contributed by atoms with Crippen molar-refractivity contribution in [1.82, 2.24) is 4.98 Å². The summed E-state index contributed by atoms with van der Waals surface area (Å²) in [7, 11) is 0. The van der Waals surface area contributed by atoms with Gasteiger partial charge in [0.25, 0.3) is 5.69 Å². The number of nitro groups is 1. The van der Waals surface area contributed by atoms with Gasteiger partial charge in [-0.25, -0.2) is 4.79 Å². The number of pyridine rings is 1. The molecular formula is C9H7F3N2O4. The number of ether oxygens (including phenoxy) is 1. The summed E-state index contributed by atoms with van der Waals surface area (Å²) in [6, 6.07) is 0.